The van der Waals surface area contributed by atoms with Crippen LogP contribution < -0.4 is 4.74 Å². The summed E-state index contributed by atoms with van der Waals surface area (Å²) in [5.41, 5.74) is 3.60. The molecule has 1 N–H and O–H groups in total. The number of aliphatic carboxylic acids is 1. The summed E-state index contributed by atoms with van der Waals surface area (Å²) in [5.74, 6) is 0.160. The van der Waals surface area contributed by atoms with Crippen molar-refractivity contribution in [2.75, 3.05) is 7.11 Å². The number of carboxylic acids is 1. The topological polar surface area (TPSA) is 46.5 Å². The van der Waals surface area contributed by atoms with Crippen LogP contribution in [0.1, 0.15) is 71.1 Å². The highest BCUT2D eigenvalue weighted by Crippen LogP contribution is 2.38. The molecule has 0 fully saturated rings. The smallest absolute Gasteiger partial charge is 0.303 e. The number of hydrogen-bond donors (Lipinski definition) is 1. The summed E-state index contributed by atoms with van der Waals surface area (Å²) in [4.78, 5) is 10.8. The van der Waals surface area contributed by atoms with Gasteiger partial charge in [0.25, 0.3) is 0 Å². The van der Waals surface area contributed by atoms with Gasteiger partial charge in [-0.2, -0.15) is 0 Å². The van der Waals surface area contributed by atoms with Crippen molar-refractivity contribution in [2.45, 2.75) is 71.6 Å². The molecule has 22 heavy (non-hydrogen) atoms. The van der Waals surface area contributed by atoms with Gasteiger partial charge < -0.3 is 9.84 Å². The molecule has 3 heteroatoms. The molecule has 1 aromatic carbocycles. The molecule has 0 atom stereocenters. The largest absolute Gasteiger partial charge is 0.496 e. The fraction of sp³-hybridized carbons (Fsp3) is 0.632. The Balaban J connectivity index is 3.35. The summed E-state index contributed by atoms with van der Waals surface area (Å²) < 4.78 is 5.68. The van der Waals surface area contributed by atoms with Gasteiger partial charge in [-0.25, -0.2) is 0 Å². The molecular formula is C19H30O3. The summed E-state index contributed by atoms with van der Waals surface area (Å²) >= 11 is 0. The van der Waals surface area contributed by atoms with Gasteiger partial charge in [-0.1, -0.05) is 53.7 Å². The van der Waals surface area contributed by atoms with E-state index in [1.807, 2.05) is 0 Å². The number of ether oxygens (including phenoxy) is 1. The molecule has 1 aromatic rings. The van der Waals surface area contributed by atoms with Crippen molar-refractivity contribution in [3.05, 3.63) is 28.8 Å². The van der Waals surface area contributed by atoms with Gasteiger partial charge in [0.15, 0.2) is 0 Å². The summed E-state index contributed by atoms with van der Waals surface area (Å²) in [6.45, 7) is 13.1. The third-order valence-corrected chi connectivity index (χ3v) is 3.88. The van der Waals surface area contributed by atoms with Crippen LogP contribution in [-0.2, 0) is 22.0 Å². The molecule has 0 spiro atoms. The minimum absolute atomic E-state index is 0.0197. The van der Waals surface area contributed by atoms with Crippen LogP contribution in [0.4, 0.5) is 0 Å². The molecule has 0 bridgehead atoms. The van der Waals surface area contributed by atoms with E-state index in [2.05, 4.69) is 53.7 Å². The maximum Gasteiger partial charge on any atom is 0.303 e. The summed E-state index contributed by atoms with van der Waals surface area (Å²) in [6.07, 6.45) is 1.54. The molecule has 0 aromatic heterocycles. The first-order valence-corrected chi connectivity index (χ1v) is 7.90. The molecule has 0 saturated heterocycles. The summed E-state index contributed by atoms with van der Waals surface area (Å²) in [5, 5.41) is 8.85. The first-order valence-electron chi connectivity index (χ1n) is 7.90. The predicted octanol–water partition coefficient (Wildman–Crippen LogP) is 4.70. The molecule has 0 aliphatic heterocycles. The second-order valence-electron chi connectivity index (χ2n) is 7.96. The first kappa shape index (κ1) is 18.5. The molecule has 3 nitrogen and oxygen atoms in total. The zero-order valence-corrected chi connectivity index (χ0v) is 15.0. The number of rotatable bonds is 5. The Hall–Kier alpha value is -1.51. The van der Waals surface area contributed by atoms with Crippen LogP contribution in [0.3, 0.4) is 0 Å². The zero-order chi connectivity index (χ0) is 17.1. The van der Waals surface area contributed by atoms with E-state index in [9.17, 15) is 4.79 Å². The van der Waals surface area contributed by atoms with Crippen LogP contribution in [0.15, 0.2) is 12.1 Å². The van der Waals surface area contributed by atoms with Gasteiger partial charge in [0.05, 0.1) is 7.11 Å². The number of methoxy groups -OCH3 is 1. The molecule has 0 aliphatic rings. The number of hydrogen-bond acceptors (Lipinski definition) is 2. The van der Waals surface area contributed by atoms with Crippen LogP contribution in [0.2, 0.25) is 0 Å². The Labute approximate surface area is 134 Å². The Morgan fingerprint density at radius 2 is 1.68 bits per heavy atom. The van der Waals surface area contributed by atoms with Gasteiger partial charge in [-0.15, -0.1) is 0 Å². The highest BCUT2D eigenvalue weighted by molar-refractivity contribution is 5.66. The van der Waals surface area contributed by atoms with E-state index in [1.54, 1.807) is 7.11 Å². The molecule has 0 aliphatic carbocycles. The van der Waals surface area contributed by atoms with Crippen LogP contribution >= 0.6 is 0 Å². The highest BCUT2D eigenvalue weighted by atomic mass is 16.5. The van der Waals surface area contributed by atoms with Crippen molar-refractivity contribution in [1.82, 2.24) is 0 Å². The molecule has 0 saturated carbocycles. The quantitative estimate of drug-likeness (QED) is 0.858. The van der Waals surface area contributed by atoms with Gasteiger partial charge in [-0.3, -0.25) is 4.79 Å². The maximum atomic E-state index is 10.8. The number of carbonyl (C=O) groups is 1. The van der Waals surface area contributed by atoms with Crippen molar-refractivity contribution < 1.29 is 14.6 Å². The third-order valence-electron chi connectivity index (χ3n) is 3.88. The lowest BCUT2D eigenvalue weighted by Gasteiger charge is -2.29. The summed E-state index contributed by atoms with van der Waals surface area (Å²) in [7, 11) is 1.70. The third kappa shape index (κ3) is 4.75. The van der Waals surface area contributed by atoms with Gasteiger partial charge in [0.1, 0.15) is 5.75 Å². The maximum absolute atomic E-state index is 10.8. The Bertz CT molecular complexity index is 531. The Morgan fingerprint density at radius 1 is 1.09 bits per heavy atom. The zero-order valence-electron chi connectivity index (χ0n) is 15.0. The second kappa shape index (κ2) is 6.72. The van der Waals surface area contributed by atoms with Crippen molar-refractivity contribution in [2.24, 2.45) is 0 Å². The second-order valence-corrected chi connectivity index (χ2v) is 7.96. The molecule has 0 amide bonds. The van der Waals surface area contributed by atoms with Crippen LogP contribution in [0.5, 0.6) is 5.75 Å². The lowest BCUT2D eigenvalue weighted by atomic mass is 9.78. The minimum atomic E-state index is -0.748. The van der Waals surface area contributed by atoms with Crippen molar-refractivity contribution in [1.29, 1.82) is 0 Å². The normalized spacial score (nSPS) is 12.3. The van der Waals surface area contributed by atoms with Crippen LogP contribution in [-0.4, -0.2) is 18.2 Å². The van der Waals surface area contributed by atoms with E-state index in [0.29, 0.717) is 6.42 Å². The van der Waals surface area contributed by atoms with E-state index >= 15 is 0 Å². The van der Waals surface area contributed by atoms with E-state index in [1.165, 1.54) is 11.1 Å². The Kier molecular flexibility index (Phi) is 5.66. The molecule has 0 radical (unpaired) electrons. The monoisotopic (exact) mass is 306 g/mol. The molecule has 1 rings (SSSR count). The SMILES string of the molecule is COc1c(CCCC(=O)O)cc(C(C)(C)C)cc1C(C)(C)C. The average molecular weight is 306 g/mol. The summed E-state index contributed by atoms with van der Waals surface area (Å²) in [6, 6.07) is 4.41. The van der Waals surface area contributed by atoms with Crippen LogP contribution in [0, 0.1) is 0 Å². The average Bonchev–Trinajstić information content (AvgIpc) is 2.35. The fourth-order valence-corrected chi connectivity index (χ4v) is 2.54. The molecular weight excluding hydrogens is 276 g/mol. The standard InChI is InChI=1S/C19H30O3/c1-18(2,3)14-11-13(9-8-10-16(20)21)17(22-7)15(12-14)19(4,5)6/h11-12H,8-10H2,1-7H3,(H,20,21). The van der Waals surface area contributed by atoms with E-state index in [4.69, 9.17) is 9.84 Å². The molecule has 0 unspecified atom stereocenters. The number of aryl methyl sites for hydroxylation is 1. The first-order chi connectivity index (χ1) is 9.96. The Morgan fingerprint density at radius 3 is 2.09 bits per heavy atom. The van der Waals surface area contributed by atoms with Gasteiger partial charge in [-0.05, 0) is 34.8 Å². The minimum Gasteiger partial charge on any atom is -0.496 e. The van der Waals surface area contributed by atoms with Crippen molar-refractivity contribution >= 4 is 5.97 Å². The lowest BCUT2D eigenvalue weighted by Crippen LogP contribution is -2.18. The van der Waals surface area contributed by atoms with Gasteiger partial charge in [0.2, 0.25) is 0 Å². The van der Waals surface area contributed by atoms with E-state index in [-0.39, 0.29) is 17.3 Å². The van der Waals surface area contributed by atoms with Gasteiger partial charge in [0, 0.05) is 12.0 Å². The number of carboxylic acid groups (broad SMARTS) is 1. The predicted molar refractivity (Wildman–Crippen MR) is 91.0 cm³/mol. The van der Waals surface area contributed by atoms with E-state index in [0.717, 1.165) is 17.7 Å². The number of benzene rings is 1. The van der Waals surface area contributed by atoms with E-state index < -0.39 is 5.97 Å². The lowest BCUT2D eigenvalue weighted by molar-refractivity contribution is -0.137. The van der Waals surface area contributed by atoms with Gasteiger partial charge >= 0.3 is 5.97 Å². The fourth-order valence-electron chi connectivity index (χ4n) is 2.54. The molecule has 0 heterocycles. The van der Waals surface area contributed by atoms with Crippen molar-refractivity contribution in [3.8, 4) is 5.75 Å². The van der Waals surface area contributed by atoms with Crippen molar-refractivity contribution in [3.63, 3.8) is 0 Å². The van der Waals surface area contributed by atoms with Crippen LogP contribution in [0.25, 0.3) is 0 Å². The highest BCUT2D eigenvalue weighted by Gasteiger charge is 2.25. The molecule has 124 valence electrons.